The lowest BCUT2D eigenvalue weighted by Crippen LogP contribution is -2.35. The average molecular weight is 669 g/mol. The number of ether oxygens (including phenoxy) is 3. The molecule has 0 bridgehead atoms. The summed E-state index contributed by atoms with van der Waals surface area (Å²) >= 11 is 0. The smallest absolute Gasteiger partial charge is 0.320 e. The number of carbonyl (C=O) groups is 2. The number of aliphatic carboxylic acids is 1. The summed E-state index contributed by atoms with van der Waals surface area (Å²) in [4.78, 5) is 41.1. The molecule has 1 amide bonds. The molecular weight excluding hydrogens is 632 g/mol. The molecule has 2 fully saturated rings. The second-order valence-electron chi connectivity index (χ2n) is 11.8. The normalized spacial score (nSPS) is 19.4. The van der Waals surface area contributed by atoms with Gasteiger partial charge < -0.3 is 35.3 Å². The van der Waals surface area contributed by atoms with Crippen LogP contribution in [0.1, 0.15) is 49.3 Å². The van der Waals surface area contributed by atoms with Crippen LogP contribution in [-0.4, -0.2) is 57.0 Å². The third kappa shape index (κ3) is 8.86. The first-order chi connectivity index (χ1) is 23.8. The van der Waals surface area contributed by atoms with Crippen molar-refractivity contribution in [1.82, 2.24) is 20.6 Å². The van der Waals surface area contributed by atoms with E-state index >= 15 is 0 Å². The van der Waals surface area contributed by atoms with E-state index < -0.39 is 10.9 Å². The highest BCUT2D eigenvalue weighted by Gasteiger charge is 2.24. The number of nitrogens with zero attached hydrogens (tertiary/aromatic N) is 3. The maximum absolute atomic E-state index is 12.3. The molecule has 2 aromatic carbocycles. The summed E-state index contributed by atoms with van der Waals surface area (Å²) in [5, 5.41) is 28.1. The molecular formula is C35H36N6O8. The number of nitro groups is 1. The molecule has 3 aliphatic rings. The van der Waals surface area contributed by atoms with E-state index in [4.69, 9.17) is 19.3 Å². The third-order valence-electron chi connectivity index (χ3n) is 8.32. The van der Waals surface area contributed by atoms with Gasteiger partial charge in [-0.1, -0.05) is 12.1 Å². The molecule has 2 saturated heterocycles. The van der Waals surface area contributed by atoms with Gasteiger partial charge in [-0.25, -0.2) is 9.97 Å². The topological polar surface area (TPSA) is 187 Å². The number of hydrogen-bond donors (Lipinski definition) is 4. The van der Waals surface area contributed by atoms with Crippen molar-refractivity contribution in [3.05, 3.63) is 100 Å². The molecule has 49 heavy (non-hydrogen) atoms. The van der Waals surface area contributed by atoms with Gasteiger partial charge in [-0.2, -0.15) is 0 Å². The molecule has 5 heterocycles. The van der Waals surface area contributed by atoms with Crippen molar-refractivity contribution in [2.75, 3.05) is 18.4 Å². The Kier molecular flexibility index (Phi) is 10.6. The predicted octanol–water partition coefficient (Wildman–Crippen LogP) is 5.55. The number of aromatic nitrogens is 2. The molecule has 0 saturated carbocycles. The minimum Gasteiger partial charge on any atom is -0.485 e. The summed E-state index contributed by atoms with van der Waals surface area (Å²) in [6.45, 7) is 1.72. The molecule has 14 heteroatoms. The Morgan fingerprint density at radius 1 is 0.878 bits per heavy atom. The number of anilines is 1. The van der Waals surface area contributed by atoms with E-state index in [0.717, 1.165) is 68.5 Å². The van der Waals surface area contributed by atoms with Gasteiger partial charge in [0.15, 0.2) is 0 Å². The molecule has 0 spiro atoms. The number of pyridine rings is 2. The highest BCUT2D eigenvalue weighted by Crippen LogP contribution is 2.38. The van der Waals surface area contributed by atoms with Crippen LogP contribution in [0.15, 0.2) is 79.1 Å². The van der Waals surface area contributed by atoms with Crippen molar-refractivity contribution in [1.29, 1.82) is 0 Å². The van der Waals surface area contributed by atoms with Gasteiger partial charge in [0, 0.05) is 18.2 Å². The summed E-state index contributed by atoms with van der Waals surface area (Å²) in [6.07, 6.45) is 7.77. The molecule has 2 aromatic heterocycles. The van der Waals surface area contributed by atoms with E-state index in [1.807, 2.05) is 36.4 Å². The molecule has 0 radical (unpaired) electrons. The molecule has 1 unspecified atom stereocenters. The van der Waals surface area contributed by atoms with Gasteiger partial charge in [-0.3, -0.25) is 19.7 Å². The van der Waals surface area contributed by atoms with Crippen molar-refractivity contribution in [2.24, 2.45) is 0 Å². The Morgan fingerprint density at radius 2 is 1.59 bits per heavy atom. The van der Waals surface area contributed by atoms with Gasteiger partial charge >= 0.3 is 5.97 Å². The molecule has 4 aromatic rings. The van der Waals surface area contributed by atoms with Crippen LogP contribution in [0, 0.1) is 10.1 Å². The van der Waals surface area contributed by atoms with Crippen LogP contribution in [-0.2, 0) is 16.0 Å². The lowest BCUT2D eigenvalue weighted by Gasteiger charge is -2.27. The quantitative estimate of drug-likeness (QED) is 0.129. The van der Waals surface area contributed by atoms with Gasteiger partial charge in [-0.05, 0) is 99.1 Å². The maximum Gasteiger partial charge on any atom is 0.320 e. The second-order valence-corrected chi connectivity index (χ2v) is 11.8. The maximum atomic E-state index is 12.3. The van der Waals surface area contributed by atoms with Gasteiger partial charge in [0.25, 0.3) is 5.69 Å². The van der Waals surface area contributed by atoms with Gasteiger partial charge in [0.05, 0.1) is 22.8 Å². The molecule has 254 valence electrons. The number of aryl methyl sites for hydroxylation is 1. The molecule has 4 N–H and O–H groups in total. The summed E-state index contributed by atoms with van der Waals surface area (Å²) in [6, 6.07) is 19.1. The Bertz CT molecular complexity index is 1770. The molecule has 14 nitrogen and oxygen atoms in total. The average Bonchev–Trinajstić information content (AvgIpc) is 3.86. The number of nitrogens with one attached hydrogen (secondary N) is 3. The zero-order chi connectivity index (χ0) is 34.2. The van der Waals surface area contributed by atoms with E-state index in [9.17, 15) is 19.7 Å². The van der Waals surface area contributed by atoms with Crippen LogP contribution in [0.25, 0.3) is 0 Å². The molecule has 0 aliphatic carbocycles. The molecule has 3 atom stereocenters. The minimum atomic E-state index is -0.720. The fraction of sp³-hybridized carbons (Fsp3) is 0.314. The number of carbonyl (C=O) groups excluding carboxylic acids is 1. The number of carboxylic acids is 1. The highest BCUT2D eigenvalue weighted by atomic mass is 16.6. The summed E-state index contributed by atoms with van der Waals surface area (Å²) < 4.78 is 18.1. The zero-order valence-corrected chi connectivity index (χ0v) is 26.5. The van der Waals surface area contributed by atoms with Gasteiger partial charge in [0.2, 0.25) is 17.7 Å². The lowest BCUT2D eigenvalue weighted by molar-refractivity contribution is -0.385. The van der Waals surface area contributed by atoms with Crippen LogP contribution in [0.4, 0.5) is 11.4 Å². The molecule has 3 aliphatic heterocycles. The summed E-state index contributed by atoms with van der Waals surface area (Å²) in [5.74, 6) is 1.92. The number of amides is 1. The fourth-order valence-electron chi connectivity index (χ4n) is 5.77. The Hall–Kier alpha value is -5.60. The van der Waals surface area contributed by atoms with Crippen molar-refractivity contribution < 1.29 is 33.8 Å². The van der Waals surface area contributed by atoms with E-state index in [1.165, 1.54) is 18.3 Å². The van der Waals surface area contributed by atoms with Gasteiger partial charge in [-0.15, -0.1) is 0 Å². The number of carboxylic acid groups (broad SMARTS) is 1. The predicted molar refractivity (Wildman–Crippen MR) is 178 cm³/mol. The van der Waals surface area contributed by atoms with E-state index in [0.29, 0.717) is 23.1 Å². The van der Waals surface area contributed by atoms with E-state index in [1.54, 1.807) is 24.4 Å². The Labute approximate surface area is 282 Å². The van der Waals surface area contributed by atoms with Crippen LogP contribution in [0.5, 0.6) is 29.0 Å². The number of benzene rings is 2. The third-order valence-corrected chi connectivity index (χ3v) is 8.32. The van der Waals surface area contributed by atoms with Crippen molar-refractivity contribution in [3.63, 3.8) is 0 Å². The SMILES string of the molecule is O=C(Nc1ccc(Oc2ccc3c(c2)CCC(c2cccc(Oc4ccc([N+](=O)[O-])cn4)c2)O3)nc1)[C@@H]1CCCN1.O=C(O)[C@@H]1CCCN1. The Balaban J connectivity index is 0.000000459. The van der Waals surface area contributed by atoms with E-state index in [-0.39, 0.29) is 35.7 Å². The van der Waals surface area contributed by atoms with Crippen molar-refractivity contribution in [2.45, 2.75) is 56.7 Å². The molecule has 7 rings (SSSR count). The number of fused-ring (bicyclic) bond motifs is 1. The number of hydrogen-bond acceptors (Lipinski definition) is 11. The fourth-order valence-corrected chi connectivity index (χ4v) is 5.77. The minimum absolute atomic E-state index is 0.0493. The second kappa shape index (κ2) is 15.5. The van der Waals surface area contributed by atoms with Crippen LogP contribution in [0.3, 0.4) is 0 Å². The monoisotopic (exact) mass is 668 g/mol. The first-order valence-corrected chi connectivity index (χ1v) is 16.1. The van der Waals surface area contributed by atoms with Crippen molar-refractivity contribution in [3.8, 4) is 29.0 Å². The van der Waals surface area contributed by atoms with E-state index in [2.05, 4.69) is 25.9 Å². The van der Waals surface area contributed by atoms with Crippen LogP contribution >= 0.6 is 0 Å². The first-order valence-electron chi connectivity index (χ1n) is 16.1. The first kappa shape index (κ1) is 33.3. The largest absolute Gasteiger partial charge is 0.485 e. The zero-order valence-electron chi connectivity index (χ0n) is 26.5. The van der Waals surface area contributed by atoms with Gasteiger partial charge in [0.1, 0.15) is 35.6 Å². The number of rotatable bonds is 9. The Morgan fingerprint density at radius 3 is 2.20 bits per heavy atom. The van der Waals surface area contributed by atoms with Crippen LogP contribution in [0.2, 0.25) is 0 Å². The highest BCUT2D eigenvalue weighted by molar-refractivity contribution is 5.94. The van der Waals surface area contributed by atoms with Crippen LogP contribution < -0.4 is 30.2 Å². The summed E-state index contributed by atoms with van der Waals surface area (Å²) in [5.41, 5.74) is 2.52. The lowest BCUT2D eigenvalue weighted by atomic mass is 9.97. The van der Waals surface area contributed by atoms with Crippen molar-refractivity contribution >= 4 is 23.3 Å². The standard InChI is InChI=1S/C30H27N5O6.C5H9NO2/c36-30(25-5-2-14-31-25)34-21-7-12-28(32-17-21)40-24-9-11-27-20(16-24)6-10-26(41-27)19-3-1-4-23(15-19)39-29-13-8-22(18-33-29)35(37)38;7-5(8)4-2-1-3-6-4/h1,3-4,7-9,11-13,15-18,25-26,31H,2,5-6,10,14H2,(H,34,36);4,6H,1-3H2,(H,7,8)/t25-,26?;4-/m00/s1. The summed E-state index contributed by atoms with van der Waals surface area (Å²) in [7, 11) is 0.